The number of hydrogen-bond donors (Lipinski definition) is 0. The molecular weight excluding hydrogens is 376 g/mol. The molecule has 0 unspecified atom stereocenters. The van der Waals surface area contributed by atoms with E-state index < -0.39 is 5.97 Å². The lowest BCUT2D eigenvalue weighted by atomic mass is 10.1. The normalized spacial score (nSPS) is 10.4. The Kier molecular flexibility index (Phi) is 6.75. The average molecular weight is 396 g/mol. The summed E-state index contributed by atoms with van der Waals surface area (Å²) in [6.45, 7) is 0.660. The van der Waals surface area contributed by atoms with Crippen LogP contribution in [0.5, 0.6) is 0 Å². The lowest BCUT2D eigenvalue weighted by Crippen LogP contribution is -2.35. The standard InChI is InChI=1S/C21H20N2O4S/c24-20(16-27-21(25)18-9-12-23(26)13-10-18)22(15-19-7-4-14-28-19)11-8-17-5-2-1-3-6-17/h1-7,9-10,12-14H,8,11,15-16H2. The Morgan fingerprint density at radius 2 is 1.79 bits per heavy atom. The van der Waals surface area contributed by atoms with E-state index in [9.17, 15) is 14.8 Å². The Hall–Kier alpha value is -3.19. The Morgan fingerprint density at radius 1 is 1.04 bits per heavy atom. The molecule has 7 heteroatoms. The van der Waals surface area contributed by atoms with Gasteiger partial charge in [-0.05, 0) is 23.4 Å². The van der Waals surface area contributed by atoms with E-state index in [1.54, 1.807) is 16.2 Å². The molecule has 2 heterocycles. The van der Waals surface area contributed by atoms with Crippen LogP contribution in [-0.2, 0) is 22.5 Å². The largest absolute Gasteiger partial charge is 0.619 e. The zero-order valence-electron chi connectivity index (χ0n) is 15.2. The van der Waals surface area contributed by atoms with Gasteiger partial charge in [0.05, 0.1) is 12.1 Å². The minimum absolute atomic E-state index is 0.231. The maximum Gasteiger partial charge on any atom is 0.339 e. The molecule has 0 bridgehead atoms. The molecule has 6 nitrogen and oxygen atoms in total. The van der Waals surface area contributed by atoms with Crippen LogP contribution in [0.4, 0.5) is 0 Å². The second kappa shape index (κ2) is 9.66. The van der Waals surface area contributed by atoms with Crippen LogP contribution < -0.4 is 4.73 Å². The second-order valence-corrected chi connectivity index (χ2v) is 7.19. The molecule has 144 valence electrons. The van der Waals surface area contributed by atoms with Crippen LogP contribution in [0.15, 0.2) is 72.4 Å². The van der Waals surface area contributed by atoms with Gasteiger partial charge in [0, 0.05) is 23.6 Å². The fraction of sp³-hybridized carbons (Fsp3) is 0.190. The summed E-state index contributed by atoms with van der Waals surface area (Å²) >= 11 is 1.58. The van der Waals surface area contributed by atoms with E-state index in [4.69, 9.17) is 4.74 Å². The van der Waals surface area contributed by atoms with Gasteiger partial charge < -0.3 is 14.8 Å². The number of benzene rings is 1. The lowest BCUT2D eigenvalue weighted by molar-refractivity contribution is -0.605. The van der Waals surface area contributed by atoms with Crippen molar-refractivity contribution in [2.24, 2.45) is 0 Å². The first kappa shape index (κ1) is 19.6. The molecular formula is C21H20N2O4S. The van der Waals surface area contributed by atoms with Crippen LogP contribution in [-0.4, -0.2) is 29.9 Å². The first-order valence-corrected chi connectivity index (χ1v) is 9.70. The van der Waals surface area contributed by atoms with Gasteiger partial charge in [-0.1, -0.05) is 36.4 Å². The summed E-state index contributed by atoms with van der Waals surface area (Å²) in [7, 11) is 0. The van der Waals surface area contributed by atoms with E-state index in [-0.39, 0.29) is 18.1 Å². The molecule has 0 N–H and O–H groups in total. The third kappa shape index (κ3) is 5.65. The summed E-state index contributed by atoms with van der Waals surface area (Å²) < 4.78 is 5.72. The van der Waals surface area contributed by atoms with E-state index in [1.807, 2.05) is 47.8 Å². The van der Waals surface area contributed by atoms with Gasteiger partial charge in [0.15, 0.2) is 19.0 Å². The molecule has 0 aliphatic heterocycles. The van der Waals surface area contributed by atoms with Crippen molar-refractivity contribution in [2.45, 2.75) is 13.0 Å². The molecule has 1 aromatic carbocycles. The van der Waals surface area contributed by atoms with E-state index in [1.165, 1.54) is 24.5 Å². The Balaban J connectivity index is 1.60. The fourth-order valence-corrected chi connectivity index (χ4v) is 3.36. The minimum Gasteiger partial charge on any atom is -0.619 e. The number of rotatable bonds is 8. The molecule has 0 spiro atoms. The summed E-state index contributed by atoms with van der Waals surface area (Å²) in [5.74, 6) is -0.888. The molecule has 28 heavy (non-hydrogen) atoms. The van der Waals surface area contributed by atoms with E-state index in [0.717, 1.165) is 10.4 Å². The SMILES string of the molecule is O=C(OCC(=O)N(CCc1ccccc1)Cc1cccs1)c1cc[n+]([O-])cc1. The van der Waals surface area contributed by atoms with Crippen LogP contribution >= 0.6 is 11.3 Å². The molecule has 0 radical (unpaired) electrons. The molecule has 0 fully saturated rings. The molecule has 0 saturated heterocycles. The van der Waals surface area contributed by atoms with Crippen molar-refractivity contribution in [3.8, 4) is 0 Å². The number of carbonyl (C=O) groups is 2. The molecule has 2 aromatic heterocycles. The number of thiophene rings is 1. The van der Waals surface area contributed by atoms with Crippen molar-refractivity contribution in [1.29, 1.82) is 0 Å². The predicted molar refractivity (Wildman–Crippen MR) is 106 cm³/mol. The fourth-order valence-electron chi connectivity index (χ4n) is 2.64. The minimum atomic E-state index is -0.631. The highest BCUT2D eigenvalue weighted by molar-refractivity contribution is 7.09. The number of esters is 1. The maximum absolute atomic E-state index is 12.7. The zero-order valence-corrected chi connectivity index (χ0v) is 16.0. The topological polar surface area (TPSA) is 73.6 Å². The zero-order chi connectivity index (χ0) is 19.8. The Morgan fingerprint density at radius 3 is 2.46 bits per heavy atom. The second-order valence-electron chi connectivity index (χ2n) is 6.15. The third-order valence-corrected chi connectivity index (χ3v) is 5.02. The van der Waals surface area contributed by atoms with Crippen molar-refractivity contribution >= 4 is 23.2 Å². The highest BCUT2D eigenvalue weighted by Gasteiger charge is 2.18. The number of pyridine rings is 1. The summed E-state index contributed by atoms with van der Waals surface area (Å²) in [5, 5.41) is 13.0. The van der Waals surface area contributed by atoms with Crippen molar-refractivity contribution in [3.63, 3.8) is 0 Å². The van der Waals surface area contributed by atoms with Crippen LogP contribution in [0.2, 0.25) is 0 Å². The molecule has 3 aromatic rings. The van der Waals surface area contributed by atoms with Gasteiger partial charge in [0.2, 0.25) is 0 Å². The van der Waals surface area contributed by atoms with E-state index in [0.29, 0.717) is 24.2 Å². The first-order chi connectivity index (χ1) is 13.6. The van der Waals surface area contributed by atoms with Gasteiger partial charge in [-0.2, -0.15) is 4.73 Å². The summed E-state index contributed by atoms with van der Waals surface area (Å²) in [5.41, 5.74) is 1.37. The van der Waals surface area contributed by atoms with Crippen LogP contribution in [0, 0.1) is 5.21 Å². The van der Waals surface area contributed by atoms with Crippen LogP contribution in [0.1, 0.15) is 20.8 Å². The van der Waals surface area contributed by atoms with Crippen molar-refractivity contribution in [1.82, 2.24) is 4.90 Å². The molecule has 0 saturated carbocycles. The van der Waals surface area contributed by atoms with Gasteiger partial charge in [0.25, 0.3) is 5.91 Å². The average Bonchev–Trinajstić information content (AvgIpc) is 3.23. The van der Waals surface area contributed by atoms with Crippen molar-refractivity contribution in [2.75, 3.05) is 13.2 Å². The number of hydrogen-bond acceptors (Lipinski definition) is 5. The van der Waals surface area contributed by atoms with Crippen molar-refractivity contribution in [3.05, 3.63) is 93.6 Å². The molecule has 3 rings (SSSR count). The van der Waals surface area contributed by atoms with Gasteiger partial charge in [-0.15, -0.1) is 11.3 Å². The maximum atomic E-state index is 12.7. The van der Waals surface area contributed by atoms with Gasteiger partial charge in [-0.25, -0.2) is 4.79 Å². The Bertz CT molecular complexity index is 896. The van der Waals surface area contributed by atoms with E-state index >= 15 is 0 Å². The van der Waals surface area contributed by atoms with Gasteiger partial charge in [0.1, 0.15) is 0 Å². The van der Waals surface area contributed by atoms with Crippen LogP contribution in [0.3, 0.4) is 0 Å². The highest BCUT2D eigenvalue weighted by Crippen LogP contribution is 2.13. The summed E-state index contributed by atoms with van der Waals surface area (Å²) in [6.07, 6.45) is 3.14. The quantitative estimate of drug-likeness (QED) is 0.333. The highest BCUT2D eigenvalue weighted by atomic mass is 32.1. The van der Waals surface area contributed by atoms with Crippen molar-refractivity contribution < 1.29 is 19.1 Å². The lowest BCUT2D eigenvalue weighted by Gasteiger charge is -2.22. The summed E-state index contributed by atoms with van der Waals surface area (Å²) in [6, 6.07) is 16.6. The number of aromatic nitrogens is 1. The number of amides is 1. The third-order valence-electron chi connectivity index (χ3n) is 4.16. The predicted octanol–water partition coefficient (Wildman–Crippen LogP) is 2.81. The molecule has 0 aliphatic carbocycles. The first-order valence-electron chi connectivity index (χ1n) is 8.82. The molecule has 0 atom stereocenters. The van der Waals surface area contributed by atoms with E-state index in [2.05, 4.69) is 0 Å². The Labute approximate surface area is 167 Å². The van der Waals surface area contributed by atoms with Gasteiger partial charge in [-0.3, -0.25) is 4.79 Å². The van der Waals surface area contributed by atoms with Gasteiger partial charge >= 0.3 is 5.97 Å². The number of ether oxygens (including phenoxy) is 1. The smallest absolute Gasteiger partial charge is 0.339 e. The molecule has 1 amide bonds. The summed E-state index contributed by atoms with van der Waals surface area (Å²) in [4.78, 5) is 27.5. The number of carbonyl (C=O) groups excluding carboxylic acids is 2. The van der Waals surface area contributed by atoms with Crippen LogP contribution in [0.25, 0.3) is 0 Å². The monoisotopic (exact) mass is 396 g/mol. The number of nitrogens with zero attached hydrogens (tertiary/aromatic N) is 2. The molecule has 0 aliphatic rings.